The van der Waals surface area contributed by atoms with Gasteiger partial charge in [0, 0.05) is 31.2 Å². The molecule has 0 unspecified atom stereocenters. The zero-order valence-corrected chi connectivity index (χ0v) is 15.2. The molecule has 1 heterocycles. The summed E-state index contributed by atoms with van der Waals surface area (Å²) < 4.78 is 1.72. The summed E-state index contributed by atoms with van der Waals surface area (Å²) in [5.41, 5.74) is 2.12. The molecule has 0 aliphatic rings. The Bertz CT molecular complexity index is 736. The maximum atomic E-state index is 12.4. The van der Waals surface area contributed by atoms with Gasteiger partial charge in [0.25, 0.3) is 5.91 Å². The van der Waals surface area contributed by atoms with Crippen molar-refractivity contribution < 1.29 is 9.59 Å². The average Bonchev–Trinajstić information content (AvgIpc) is 2.97. The number of carbonyl (C=O) groups excluding carboxylic acids is 2. The zero-order chi connectivity index (χ0) is 18.4. The molecule has 0 spiro atoms. The van der Waals surface area contributed by atoms with Crippen molar-refractivity contribution in [1.29, 1.82) is 0 Å². The number of carbonyl (C=O) groups is 2. The Morgan fingerprint density at radius 2 is 1.96 bits per heavy atom. The van der Waals surface area contributed by atoms with Gasteiger partial charge < -0.3 is 15.5 Å². The van der Waals surface area contributed by atoms with E-state index in [4.69, 9.17) is 0 Å². The van der Waals surface area contributed by atoms with Crippen LogP contribution < -0.4 is 10.6 Å². The monoisotopic (exact) mass is 346 g/mol. The third-order valence-electron chi connectivity index (χ3n) is 3.84. The number of benzene rings is 1. The minimum Gasteiger partial charge on any atom is -0.339 e. The van der Waals surface area contributed by atoms with Crippen LogP contribution in [-0.2, 0) is 6.54 Å². The van der Waals surface area contributed by atoms with Crippen LogP contribution in [0.1, 0.15) is 38.1 Å². The van der Waals surface area contributed by atoms with Crippen LogP contribution in [-0.4, -0.2) is 57.5 Å². The van der Waals surface area contributed by atoms with Crippen LogP contribution in [0.2, 0.25) is 0 Å². The Kier molecular flexibility index (Phi) is 6.32. The molecule has 0 saturated carbocycles. The number of nitrogens with one attached hydrogen (secondary N) is 2. The van der Waals surface area contributed by atoms with Crippen molar-refractivity contribution in [1.82, 2.24) is 30.5 Å². The SMILES string of the molecule is CCN(CC)C(=O)c1ccc2c(c1)nnn2CCNC(=O)NC(C)C. The number of fused-ring (bicyclic) bond motifs is 1. The fourth-order valence-electron chi connectivity index (χ4n) is 2.55. The zero-order valence-electron chi connectivity index (χ0n) is 15.2. The first kappa shape index (κ1) is 18.7. The van der Waals surface area contributed by atoms with Crippen molar-refractivity contribution in [2.45, 2.75) is 40.3 Å². The Balaban J connectivity index is 2.04. The Morgan fingerprint density at radius 3 is 2.60 bits per heavy atom. The van der Waals surface area contributed by atoms with E-state index in [1.54, 1.807) is 21.7 Å². The lowest BCUT2D eigenvalue weighted by atomic mass is 10.1. The average molecular weight is 346 g/mol. The maximum Gasteiger partial charge on any atom is 0.315 e. The highest BCUT2D eigenvalue weighted by molar-refractivity contribution is 5.97. The van der Waals surface area contributed by atoms with Crippen molar-refractivity contribution in [3.63, 3.8) is 0 Å². The molecule has 25 heavy (non-hydrogen) atoms. The third kappa shape index (κ3) is 4.68. The molecule has 136 valence electrons. The van der Waals surface area contributed by atoms with Gasteiger partial charge in [-0.3, -0.25) is 4.79 Å². The summed E-state index contributed by atoms with van der Waals surface area (Å²) in [6, 6.07) is 5.29. The molecule has 0 aliphatic carbocycles. The van der Waals surface area contributed by atoms with Crippen molar-refractivity contribution in [3.05, 3.63) is 23.8 Å². The highest BCUT2D eigenvalue weighted by Gasteiger charge is 2.14. The van der Waals surface area contributed by atoms with Gasteiger partial charge in [-0.05, 0) is 45.9 Å². The molecule has 2 aromatic rings. The second kappa shape index (κ2) is 8.46. The quantitative estimate of drug-likeness (QED) is 0.797. The molecule has 0 saturated heterocycles. The van der Waals surface area contributed by atoms with E-state index in [1.807, 2.05) is 33.8 Å². The summed E-state index contributed by atoms with van der Waals surface area (Å²) in [5, 5.41) is 13.8. The van der Waals surface area contributed by atoms with Gasteiger partial charge in [0.15, 0.2) is 0 Å². The van der Waals surface area contributed by atoms with Gasteiger partial charge in [-0.25, -0.2) is 9.48 Å². The first-order valence-corrected chi connectivity index (χ1v) is 8.63. The van der Waals surface area contributed by atoms with Gasteiger partial charge in [-0.15, -0.1) is 5.10 Å². The van der Waals surface area contributed by atoms with E-state index in [0.717, 1.165) is 5.52 Å². The van der Waals surface area contributed by atoms with Crippen LogP contribution in [0.25, 0.3) is 11.0 Å². The lowest BCUT2D eigenvalue weighted by Crippen LogP contribution is -2.40. The van der Waals surface area contributed by atoms with Crippen molar-refractivity contribution in [2.24, 2.45) is 0 Å². The number of aromatic nitrogens is 3. The highest BCUT2D eigenvalue weighted by atomic mass is 16.2. The molecule has 0 aliphatic heterocycles. The summed E-state index contributed by atoms with van der Waals surface area (Å²) in [6.45, 7) is 10.0. The summed E-state index contributed by atoms with van der Waals surface area (Å²) in [4.78, 5) is 25.8. The molecule has 8 nitrogen and oxygen atoms in total. The molecule has 0 atom stereocenters. The first-order chi connectivity index (χ1) is 12.0. The molecule has 8 heteroatoms. The predicted molar refractivity (Wildman–Crippen MR) is 96.4 cm³/mol. The number of hydrogen-bond donors (Lipinski definition) is 2. The Hall–Kier alpha value is -2.64. The van der Waals surface area contributed by atoms with E-state index in [2.05, 4.69) is 20.9 Å². The predicted octanol–water partition coefficient (Wildman–Crippen LogP) is 1.62. The standard InChI is InChI=1S/C17H26N6O2/c1-5-22(6-2)16(24)13-7-8-15-14(11-13)20-21-23(15)10-9-18-17(25)19-12(3)4/h7-8,11-12H,5-6,9-10H2,1-4H3,(H2,18,19,25). The molecular weight excluding hydrogens is 320 g/mol. The third-order valence-corrected chi connectivity index (χ3v) is 3.84. The van der Waals surface area contributed by atoms with E-state index in [1.165, 1.54) is 0 Å². The van der Waals surface area contributed by atoms with Gasteiger partial charge in [0.2, 0.25) is 0 Å². The van der Waals surface area contributed by atoms with E-state index < -0.39 is 0 Å². The fourth-order valence-corrected chi connectivity index (χ4v) is 2.55. The van der Waals surface area contributed by atoms with Gasteiger partial charge in [0.1, 0.15) is 5.52 Å². The van der Waals surface area contributed by atoms with Crippen molar-refractivity contribution in [3.8, 4) is 0 Å². The second-order valence-corrected chi connectivity index (χ2v) is 6.05. The second-order valence-electron chi connectivity index (χ2n) is 6.05. The molecule has 0 radical (unpaired) electrons. The minimum absolute atomic E-state index is 0.00604. The molecule has 0 fully saturated rings. The van der Waals surface area contributed by atoms with Crippen LogP contribution in [0.4, 0.5) is 4.79 Å². The maximum absolute atomic E-state index is 12.4. The lowest BCUT2D eigenvalue weighted by molar-refractivity contribution is 0.0773. The van der Waals surface area contributed by atoms with E-state index in [0.29, 0.717) is 37.3 Å². The number of amides is 3. The molecule has 1 aromatic carbocycles. The first-order valence-electron chi connectivity index (χ1n) is 8.63. The normalized spacial score (nSPS) is 10.9. The van der Waals surface area contributed by atoms with E-state index in [-0.39, 0.29) is 18.0 Å². The molecule has 1 aromatic heterocycles. The lowest BCUT2D eigenvalue weighted by Gasteiger charge is -2.18. The molecule has 2 rings (SSSR count). The summed E-state index contributed by atoms with van der Waals surface area (Å²) >= 11 is 0. The van der Waals surface area contributed by atoms with Crippen molar-refractivity contribution in [2.75, 3.05) is 19.6 Å². The van der Waals surface area contributed by atoms with Crippen molar-refractivity contribution >= 4 is 23.0 Å². The highest BCUT2D eigenvalue weighted by Crippen LogP contribution is 2.15. The number of hydrogen-bond acceptors (Lipinski definition) is 4. The molecule has 0 bridgehead atoms. The minimum atomic E-state index is -0.202. The number of rotatable bonds is 7. The topological polar surface area (TPSA) is 92.2 Å². The fraction of sp³-hybridized carbons (Fsp3) is 0.529. The summed E-state index contributed by atoms with van der Waals surface area (Å²) in [6.07, 6.45) is 0. The number of urea groups is 1. The summed E-state index contributed by atoms with van der Waals surface area (Å²) in [7, 11) is 0. The molecule has 2 N–H and O–H groups in total. The van der Waals surface area contributed by atoms with Gasteiger partial charge in [0.05, 0.1) is 12.1 Å². The Morgan fingerprint density at radius 1 is 1.24 bits per heavy atom. The number of nitrogens with zero attached hydrogens (tertiary/aromatic N) is 4. The van der Waals surface area contributed by atoms with Gasteiger partial charge in [-0.1, -0.05) is 5.21 Å². The smallest absolute Gasteiger partial charge is 0.315 e. The van der Waals surface area contributed by atoms with Crippen LogP contribution in [0.3, 0.4) is 0 Å². The van der Waals surface area contributed by atoms with Gasteiger partial charge >= 0.3 is 6.03 Å². The Labute approximate surface area is 147 Å². The molecular formula is C17H26N6O2. The van der Waals surface area contributed by atoms with Crippen LogP contribution in [0.5, 0.6) is 0 Å². The van der Waals surface area contributed by atoms with Crippen LogP contribution >= 0.6 is 0 Å². The largest absolute Gasteiger partial charge is 0.339 e. The molecule has 3 amide bonds. The van der Waals surface area contributed by atoms with Gasteiger partial charge in [-0.2, -0.15) is 0 Å². The van der Waals surface area contributed by atoms with Crippen LogP contribution in [0, 0.1) is 0 Å². The summed E-state index contributed by atoms with van der Waals surface area (Å²) in [5.74, 6) is -0.00604. The van der Waals surface area contributed by atoms with E-state index >= 15 is 0 Å². The van der Waals surface area contributed by atoms with E-state index in [9.17, 15) is 9.59 Å². The van der Waals surface area contributed by atoms with Crippen LogP contribution in [0.15, 0.2) is 18.2 Å².